The van der Waals surface area contributed by atoms with E-state index in [1.807, 2.05) is 62.4 Å². The van der Waals surface area contributed by atoms with Gasteiger partial charge in [0.25, 0.3) is 11.8 Å². The van der Waals surface area contributed by atoms with Crippen molar-refractivity contribution in [1.29, 1.82) is 0 Å². The third kappa shape index (κ3) is 6.81. The molecule has 0 unspecified atom stereocenters. The van der Waals surface area contributed by atoms with Gasteiger partial charge in [-0.3, -0.25) is 19.3 Å². The number of ether oxygens (including phenoxy) is 2. The summed E-state index contributed by atoms with van der Waals surface area (Å²) in [7, 11) is 3.37. The molecule has 0 radical (unpaired) electrons. The topological polar surface area (TPSA) is 97.0 Å². The normalized spacial score (nSPS) is 15.1. The van der Waals surface area contributed by atoms with E-state index in [2.05, 4.69) is 70.4 Å². The molecule has 2 aliphatic heterocycles. The van der Waals surface area contributed by atoms with Gasteiger partial charge in [0.1, 0.15) is 11.5 Å². The molecule has 0 saturated heterocycles. The number of carbonyl (C=O) groups excluding carboxylic acids is 3. The maximum absolute atomic E-state index is 14.8. The Labute approximate surface area is 319 Å². The Hall–Kier alpha value is -5.63. The van der Waals surface area contributed by atoms with Crippen LogP contribution in [0.2, 0.25) is 0 Å². The largest absolute Gasteiger partial charge is 0.496 e. The van der Waals surface area contributed by atoms with Crippen LogP contribution in [0.1, 0.15) is 123 Å². The average molecular weight is 726 g/mol. The molecule has 2 aliphatic rings. The molecule has 0 atom stereocenters. The van der Waals surface area contributed by atoms with Gasteiger partial charge in [-0.2, -0.15) is 0 Å². The number of hydrogen-bond acceptors (Lipinski definition) is 5. The average Bonchev–Trinajstić information content (AvgIpc) is 3.59. The second-order valence-electron chi connectivity index (χ2n) is 15.1. The van der Waals surface area contributed by atoms with E-state index < -0.39 is 0 Å². The molecule has 280 valence electrons. The summed E-state index contributed by atoms with van der Waals surface area (Å²) in [5.74, 6) is 1.65. The van der Waals surface area contributed by atoms with Gasteiger partial charge in [-0.1, -0.05) is 54.5 Å². The molecule has 2 heterocycles. The first kappa shape index (κ1) is 38.1. The van der Waals surface area contributed by atoms with E-state index in [4.69, 9.17) is 9.47 Å². The number of methoxy groups -OCH3 is 2. The first-order valence-electron chi connectivity index (χ1n) is 18.8. The molecule has 54 heavy (non-hydrogen) atoms. The summed E-state index contributed by atoms with van der Waals surface area (Å²) in [6.45, 7) is 18.3. The zero-order valence-electron chi connectivity index (χ0n) is 33.3. The number of carbonyl (C=O) groups is 3. The standard InChI is InChI=1S/C46H51N3O5/c1-12-30-13-16-40-42(43(30)47-28(9)50)38(20-29-18-35(25(4)5)44(54-11)36(19-29)26(6)7)46(52)49(40)32-14-15-33-37(45(51)48-39(33)23-32)22-31-21-34(24(2)3)41(53-10)17-27(31)8/h13-26H,12H2,1-11H3,(H,47,50)(H,48,51). The third-order valence-electron chi connectivity index (χ3n) is 10.4. The molecule has 0 aromatic heterocycles. The first-order chi connectivity index (χ1) is 25.7. The van der Waals surface area contributed by atoms with E-state index in [0.29, 0.717) is 45.9 Å². The van der Waals surface area contributed by atoms with Crippen LogP contribution in [0, 0.1) is 6.92 Å². The lowest BCUT2D eigenvalue weighted by Gasteiger charge is -2.20. The maximum atomic E-state index is 14.8. The predicted octanol–water partition coefficient (Wildman–Crippen LogP) is 10.6. The maximum Gasteiger partial charge on any atom is 0.263 e. The second-order valence-corrected chi connectivity index (χ2v) is 15.1. The Kier molecular flexibility index (Phi) is 10.6. The Balaban J connectivity index is 1.51. The smallest absolute Gasteiger partial charge is 0.263 e. The fourth-order valence-corrected chi connectivity index (χ4v) is 7.60. The molecular formula is C46H51N3O5. The van der Waals surface area contributed by atoms with Crippen LogP contribution in [0.3, 0.4) is 0 Å². The highest BCUT2D eigenvalue weighted by Gasteiger charge is 2.38. The summed E-state index contributed by atoms with van der Waals surface area (Å²) < 4.78 is 11.5. The van der Waals surface area contributed by atoms with Gasteiger partial charge in [0.15, 0.2) is 0 Å². The Morgan fingerprint density at radius 3 is 2.07 bits per heavy atom. The van der Waals surface area contributed by atoms with Gasteiger partial charge in [-0.15, -0.1) is 0 Å². The van der Waals surface area contributed by atoms with Gasteiger partial charge in [-0.05, 0) is 131 Å². The van der Waals surface area contributed by atoms with E-state index in [0.717, 1.165) is 56.0 Å². The number of amides is 3. The summed E-state index contributed by atoms with van der Waals surface area (Å²) in [6, 6.07) is 17.8. The van der Waals surface area contributed by atoms with Gasteiger partial charge in [0, 0.05) is 23.6 Å². The van der Waals surface area contributed by atoms with Crippen LogP contribution < -0.4 is 25.0 Å². The summed E-state index contributed by atoms with van der Waals surface area (Å²) in [6.07, 6.45) is 4.52. The minimum absolute atomic E-state index is 0.187. The summed E-state index contributed by atoms with van der Waals surface area (Å²) >= 11 is 0. The van der Waals surface area contributed by atoms with E-state index in [1.54, 1.807) is 19.1 Å². The lowest BCUT2D eigenvalue weighted by atomic mass is 9.90. The number of anilines is 4. The van der Waals surface area contributed by atoms with Gasteiger partial charge >= 0.3 is 0 Å². The van der Waals surface area contributed by atoms with Crippen LogP contribution in [0.4, 0.5) is 22.7 Å². The Morgan fingerprint density at radius 2 is 1.50 bits per heavy atom. The fraction of sp³-hybridized carbons (Fsp3) is 0.326. The van der Waals surface area contributed by atoms with E-state index in [1.165, 1.54) is 6.92 Å². The molecule has 6 rings (SSSR count). The van der Waals surface area contributed by atoms with Crippen molar-refractivity contribution in [1.82, 2.24) is 0 Å². The highest BCUT2D eigenvalue weighted by Crippen LogP contribution is 2.49. The van der Waals surface area contributed by atoms with Crippen molar-refractivity contribution in [3.8, 4) is 11.5 Å². The number of aryl methyl sites for hydroxylation is 2. The van der Waals surface area contributed by atoms with Gasteiger partial charge in [0.05, 0.1) is 42.5 Å². The zero-order chi connectivity index (χ0) is 39.2. The van der Waals surface area contributed by atoms with Crippen LogP contribution in [0.25, 0.3) is 23.3 Å². The minimum atomic E-state index is -0.229. The number of nitrogens with one attached hydrogen (secondary N) is 2. The van der Waals surface area contributed by atoms with Crippen LogP contribution in [-0.4, -0.2) is 31.9 Å². The van der Waals surface area contributed by atoms with Gasteiger partial charge in [0.2, 0.25) is 5.91 Å². The van der Waals surface area contributed by atoms with Crippen LogP contribution >= 0.6 is 0 Å². The predicted molar refractivity (Wildman–Crippen MR) is 221 cm³/mol. The second kappa shape index (κ2) is 15.0. The SMILES string of the molecule is CCc1ccc2c(c1NC(C)=O)C(=Cc1cc(C(C)C)c(OC)c(C(C)C)c1)C(=O)N2c1ccc2c(c1)NC(=O)C2=Cc1cc(C(C)C)c(OC)cc1C. The summed E-state index contributed by atoms with van der Waals surface area (Å²) in [4.78, 5) is 42.6. The van der Waals surface area contributed by atoms with Gasteiger partial charge in [-0.25, -0.2) is 0 Å². The summed E-state index contributed by atoms with van der Waals surface area (Å²) in [5.41, 5.74) is 11.9. The van der Waals surface area contributed by atoms with Crippen molar-refractivity contribution >= 4 is 63.8 Å². The van der Waals surface area contributed by atoms with Gasteiger partial charge < -0.3 is 20.1 Å². The van der Waals surface area contributed by atoms with Crippen molar-refractivity contribution in [2.75, 3.05) is 29.8 Å². The fourth-order valence-electron chi connectivity index (χ4n) is 7.60. The molecule has 0 fully saturated rings. The monoisotopic (exact) mass is 725 g/mol. The number of nitrogens with zero attached hydrogens (tertiary/aromatic N) is 1. The third-order valence-corrected chi connectivity index (χ3v) is 10.4. The van der Waals surface area contributed by atoms with Crippen molar-refractivity contribution in [3.05, 3.63) is 105 Å². The molecule has 8 heteroatoms. The van der Waals surface area contributed by atoms with Crippen LogP contribution in [-0.2, 0) is 20.8 Å². The summed E-state index contributed by atoms with van der Waals surface area (Å²) in [5, 5.41) is 6.11. The van der Waals surface area contributed by atoms with E-state index in [-0.39, 0.29) is 35.5 Å². The van der Waals surface area contributed by atoms with Crippen molar-refractivity contribution in [2.24, 2.45) is 0 Å². The number of benzene rings is 4. The molecule has 0 bridgehead atoms. The zero-order valence-corrected chi connectivity index (χ0v) is 33.3. The highest BCUT2D eigenvalue weighted by atomic mass is 16.5. The molecule has 8 nitrogen and oxygen atoms in total. The van der Waals surface area contributed by atoms with Crippen molar-refractivity contribution in [2.45, 2.75) is 86.5 Å². The van der Waals surface area contributed by atoms with E-state index >= 15 is 0 Å². The molecule has 4 aromatic rings. The first-order valence-corrected chi connectivity index (χ1v) is 18.8. The molecule has 0 saturated carbocycles. The van der Waals surface area contributed by atoms with Crippen molar-refractivity contribution < 1.29 is 23.9 Å². The van der Waals surface area contributed by atoms with Crippen LogP contribution in [0.15, 0.2) is 54.6 Å². The molecule has 2 N–H and O–H groups in total. The number of rotatable bonds is 10. The lowest BCUT2D eigenvalue weighted by Crippen LogP contribution is -2.20. The Bertz CT molecular complexity index is 2230. The molecule has 3 amide bonds. The highest BCUT2D eigenvalue weighted by molar-refractivity contribution is 6.40. The quantitative estimate of drug-likeness (QED) is 0.159. The Morgan fingerprint density at radius 1 is 0.833 bits per heavy atom. The lowest BCUT2D eigenvalue weighted by molar-refractivity contribution is -0.114. The molecule has 0 spiro atoms. The number of fused-ring (bicyclic) bond motifs is 2. The number of hydrogen-bond donors (Lipinski definition) is 2. The molecule has 0 aliphatic carbocycles. The molecule has 4 aromatic carbocycles. The minimum Gasteiger partial charge on any atom is -0.496 e. The van der Waals surface area contributed by atoms with Crippen LogP contribution in [0.5, 0.6) is 11.5 Å². The van der Waals surface area contributed by atoms with E-state index in [9.17, 15) is 14.4 Å². The molecular weight excluding hydrogens is 675 g/mol. The van der Waals surface area contributed by atoms with Crippen molar-refractivity contribution in [3.63, 3.8) is 0 Å².